The predicted molar refractivity (Wildman–Crippen MR) is 94.3 cm³/mol. The molecular formula is C19H33NO5. The standard InChI is InChI=1S/C19H33NO5/c1-13(2)12-14(3)24-11-7-17(21)20-8-4-15(5-9-20)18-16(19(22)23)6-10-25-18/h13-16,18H,4-12H2,1-3H3,(H,22,23)/t14?,16?,18-/m0/s1. The van der Waals surface area contributed by atoms with Gasteiger partial charge in [0.05, 0.1) is 31.2 Å². The van der Waals surface area contributed by atoms with Gasteiger partial charge in [0.25, 0.3) is 0 Å². The van der Waals surface area contributed by atoms with Crippen LogP contribution in [0, 0.1) is 17.8 Å². The van der Waals surface area contributed by atoms with Crippen LogP contribution in [0.5, 0.6) is 0 Å². The summed E-state index contributed by atoms with van der Waals surface area (Å²) in [4.78, 5) is 25.5. The van der Waals surface area contributed by atoms with Crippen LogP contribution >= 0.6 is 0 Å². The molecule has 0 aromatic heterocycles. The summed E-state index contributed by atoms with van der Waals surface area (Å²) in [6, 6.07) is 0. The number of hydrogen-bond acceptors (Lipinski definition) is 4. The monoisotopic (exact) mass is 355 g/mol. The number of hydrogen-bond donors (Lipinski definition) is 1. The predicted octanol–water partition coefficient (Wildman–Crippen LogP) is 2.56. The van der Waals surface area contributed by atoms with Crippen LogP contribution in [0.2, 0.25) is 0 Å². The quantitative estimate of drug-likeness (QED) is 0.724. The lowest BCUT2D eigenvalue weighted by Crippen LogP contribution is -2.43. The number of rotatable bonds is 8. The van der Waals surface area contributed by atoms with Crippen molar-refractivity contribution in [3.05, 3.63) is 0 Å². The van der Waals surface area contributed by atoms with E-state index in [2.05, 4.69) is 20.8 Å². The van der Waals surface area contributed by atoms with E-state index >= 15 is 0 Å². The molecule has 0 bridgehead atoms. The highest BCUT2D eigenvalue weighted by Crippen LogP contribution is 2.33. The number of aliphatic carboxylic acids is 1. The minimum absolute atomic E-state index is 0.136. The van der Waals surface area contributed by atoms with Crippen LogP contribution in [0.15, 0.2) is 0 Å². The Kier molecular flexibility index (Phi) is 7.69. The van der Waals surface area contributed by atoms with E-state index in [1.165, 1.54) is 0 Å². The van der Waals surface area contributed by atoms with E-state index in [4.69, 9.17) is 9.47 Å². The molecule has 2 saturated heterocycles. The van der Waals surface area contributed by atoms with Gasteiger partial charge in [-0.05, 0) is 44.4 Å². The highest BCUT2D eigenvalue weighted by Gasteiger charge is 2.40. The van der Waals surface area contributed by atoms with Crippen LogP contribution in [-0.4, -0.2) is 60.4 Å². The summed E-state index contributed by atoms with van der Waals surface area (Å²) in [5.41, 5.74) is 0. The van der Waals surface area contributed by atoms with Gasteiger partial charge in [0.2, 0.25) is 5.91 Å². The van der Waals surface area contributed by atoms with Crippen molar-refractivity contribution in [3.8, 4) is 0 Å². The topological polar surface area (TPSA) is 76.1 Å². The molecule has 1 N–H and O–H groups in total. The van der Waals surface area contributed by atoms with Crippen molar-refractivity contribution in [3.63, 3.8) is 0 Å². The summed E-state index contributed by atoms with van der Waals surface area (Å²) in [5, 5.41) is 9.29. The van der Waals surface area contributed by atoms with Crippen molar-refractivity contribution in [2.45, 2.75) is 65.1 Å². The average Bonchev–Trinajstić information content (AvgIpc) is 3.04. The molecule has 25 heavy (non-hydrogen) atoms. The molecule has 2 heterocycles. The Bertz CT molecular complexity index is 445. The maximum Gasteiger partial charge on any atom is 0.309 e. The van der Waals surface area contributed by atoms with Gasteiger partial charge in [-0.3, -0.25) is 9.59 Å². The van der Waals surface area contributed by atoms with Crippen molar-refractivity contribution < 1.29 is 24.2 Å². The third kappa shape index (κ3) is 5.96. The first kappa shape index (κ1) is 20.2. The van der Waals surface area contributed by atoms with Crippen LogP contribution in [0.1, 0.15) is 52.9 Å². The van der Waals surface area contributed by atoms with Crippen LogP contribution < -0.4 is 0 Å². The van der Waals surface area contributed by atoms with Gasteiger partial charge in [-0.25, -0.2) is 0 Å². The summed E-state index contributed by atoms with van der Waals surface area (Å²) in [5.74, 6) is -0.166. The summed E-state index contributed by atoms with van der Waals surface area (Å²) >= 11 is 0. The van der Waals surface area contributed by atoms with Crippen molar-refractivity contribution in [2.24, 2.45) is 17.8 Å². The minimum atomic E-state index is -0.756. The molecule has 144 valence electrons. The van der Waals surface area contributed by atoms with Gasteiger partial charge in [0.1, 0.15) is 0 Å². The smallest absolute Gasteiger partial charge is 0.309 e. The molecule has 0 aliphatic carbocycles. The zero-order chi connectivity index (χ0) is 18.4. The Morgan fingerprint density at radius 1 is 1.20 bits per heavy atom. The molecule has 2 rings (SSSR count). The molecule has 0 spiro atoms. The average molecular weight is 355 g/mol. The van der Waals surface area contributed by atoms with Crippen LogP contribution in [0.4, 0.5) is 0 Å². The first-order valence-electron chi connectivity index (χ1n) is 9.62. The summed E-state index contributed by atoms with van der Waals surface area (Å²) in [6.07, 6.45) is 3.68. The van der Waals surface area contributed by atoms with Gasteiger partial charge in [0, 0.05) is 19.7 Å². The van der Waals surface area contributed by atoms with E-state index in [0.717, 1.165) is 19.3 Å². The number of ether oxygens (including phenoxy) is 2. The second-order valence-electron chi connectivity index (χ2n) is 7.85. The molecule has 2 fully saturated rings. The van der Waals surface area contributed by atoms with Gasteiger partial charge in [0.15, 0.2) is 0 Å². The Morgan fingerprint density at radius 3 is 2.48 bits per heavy atom. The molecular weight excluding hydrogens is 322 g/mol. The zero-order valence-electron chi connectivity index (χ0n) is 15.8. The largest absolute Gasteiger partial charge is 0.481 e. The third-order valence-corrected chi connectivity index (χ3v) is 5.33. The Balaban J connectivity index is 1.69. The highest BCUT2D eigenvalue weighted by atomic mass is 16.5. The lowest BCUT2D eigenvalue weighted by molar-refractivity contribution is -0.146. The number of carboxylic acid groups (broad SMARTS) is 1. The summed E-state index contributed by atoms with van der Waals surface area (Å²) < 4.78 is 11.4. The van der Waals surface area contributed by atoms with E-state index < -0.39 is 5.97 Å². The normalized spacial score (nSPS) is 26.2. The lowest BCUT2D eigenvalue weighted by atomic mass is 9.84. The van der Waals surface area contributed by atoms with Crippen molar-refractivity contribution in [1.82, 2.24) is 4.90 Å². The molecule has 2 unspecified atom stereocenters. The SMILES string of the molecule is CC(C)CC(C)OCCC(=O)N1CCC([C@@H]2OCCC2C(=O)O)CC1. The van der Waals surface area contributed by atoms with Gasteiger partial charge < -0.3 is 19.5 Å². The zero-order valence-corrected chi connectivity index (χ0v) is 15.8. The fourth-order valence-electron chi connectivity index (χ4n) is 4.05. The van der Waals surface area contributed by atoms with Crippen molar-refractivity contribution in [2.75, 3.05) is 26.3 Å². The van der Waals surface area contributed by atoms with E-state index in [0.29, 0.717) is 45.1 Å². The fourth-order valence-corrected chi connectivity index (χ4v) is 4.05. The number of carbonyl (C=O) groups excluding carboxylic acids is 1. The van der Waals surface area contributed by atoms with Crippen LogP contribution in [0.3, 0.4) is 0 Å². The summed E-state index contributed by atoms with van der Waals surface area (Å²) in [7, 11) is 0. The van der Waals surface area contributed by atoms with Gasteiger partial charge >= 0.3 is 5.97 Å². The van der Waals surface area contributed by atoms with E-state index in [9.17, 15) is 14.7 Å². The lowest BCUT2D eigenvalue weighted by Gasteiger charge is -2.35. The molecule has 0 radical (unpaired) electrons. The molecule has 0 aromatic carbocycles. The molecule has 0 saturated carbocycles. The Hall–Kier alpha value is -1.14. The molecule has 6 heteroatoms. The molecule has 2 aliphatic heterocycles. The number of likely N-dealkylation sites (tertiary alicyclic amines) is 1. The minimum Gasteiger partial charge on any atom is -0.481 e. The van der Waals surface area contributed by atoms with Crippen LogP contribution in [-0.2, 0) is 19.1 Å². The van der Waals surface area contributed by atoms with Crippen molar-refractivity contribution in [1.29, 1.82) is 0 Å². The number of carbonyl (C=O) groups is 2. The van der Waals surface area contributed by atoms with E-state index in [1.807, 2.05) is 4.90 Å². The maximum atomic E-state index is 12.3. The maximum absolute atomic E-state index is 12.3. The number of carboxylic acids is 1. The number of nitrogens with zero attached hydrogens (tertiary/aromatic N) is 1. The fraction of sp³-hybridized carbons (Fsp3) is 0.895. The van der Waals surface area contributed by atoms with Crippen molar-refractivity contribution >= 4 is 11.9 Å². The summed E-state index contributed by atoms with van der Waals surface area (Å²) in [6.45, 7) is 8.77. The van der Waals surface area contributed by atoms with Crippen LogP contribution in [0.25, 0.3) is 0 Å². The molecule has 3 atom stereocenters. The van der Waals surface area contributed by atoms with E-state index in [-0.39, 0.29) is 30.0 Å². The Morgan fingerprint density at radius 2 is 1.88 bits per heavy atom. The Labute approximate surface area is 150 Å². The molecule has 0 aromatic rings. The first-order chi connectivity index (χ1) is 11.9. The van der Waals surface area contributed by atoms with E-state index in [1.54, 1.807) is 0 Å². The highest BCUT2D eigenvalue weighted by molar-refractivity contribution is 5.76. The first-order valence-corrected chi connectivity index (χ1v) is 9.62. The molecule has 2 aliphatic rings. The van der Waals surface area contributed by atoms with Gasteiger partial charge in [-0.1, -0.05) is 13.8 Å². The molecule has 1 amide bonds. The number of amides is 1. The molecule has 6 nitrogen and oxygen atoms in total. The van der Waals surface area contributed by atoms with Gasteiger partial charge in [-0.2, -0.15) is 0 Å². The third-order valence-electron chi connectivity index (χ3n) is 5.33. The number of piperidine rings is 1. The second kappa shape index (κ2) is 9.53. The van der Waals surface area contributed by atoms with Gasteiger partial charge in [-0.15, -0.1) is 0 Å². The second-order valence-corrected chi connectivity index (χ2v) is 7.85.